The van der Waals surface area contributed by atoms with Crippen molar-refractivity contribution in [2.45, 2.75) is 6.17 Å². The van der Waals surface area contributed by atoms with Crippen LogP contribution in [0.3, 0.4) is 0 Å². The number of methoxy groups -OCH3 is 1. The molecule has 2 rings (SSSR count). The van der Waals surface area contributed by atoms with Crippen LogP contribution in [0.1, 0.15) is 17.3 Å². The van der Waals surface area contributed by atoms with Crippen molar-refractivity contribution in [3.63, 3.8) is 0 Å². The summed E-state index contributed by atoms with van der Waals surface area (Å²) in [6, 6.07) is 8.20. The van der Waals surface area contributed by atoms with E-state index in [0.717, 1.165) is 6.54 Å². The molecule has 0 spiro atoms. The van der Waals surface area contributed by atoms with Crippen LogP contribution in [-0.4, -0.2) is 25.2 Å². The number of ether oxygens (including phenoxy) is 1. The summed E-state index contributed by atoms with van der Waals surface area (Å²) in [7, 11) is 1.70. The molecule has 15 heavy (non-hydrogen) atoms. The van der Waals surface area contributed by atoms with Crippen LogP contribution >= 0.6 is 0 Å². The zero-order valence-corrected chi connectivity index (χ0v) is 8.89. The smallest absolute Gasteiger partial charge is 0.103 e. The van der Waals surface area contributed by atoms with Gasteiger partial charge in [-0.05, 0) is 17.2 Å². The molecule has 1 heterocycles. The highest BCUT2D eigenvalue weighted by molar-refractivity contribution is 5.56. The first-order valence-corrected chi connectivity index (χ1v) is 5.10. The van der Waals surface area contributed by atoms with Gasteiger partial charge >= 0.3 is 0 Å². The van der Waals surface area contributed by atoms with Gasteiger partial charge in [-0.15, -0.1) is 0 Å². The largest absolute Gasteiger partial charge is 0.383 e. The molecule has 80 valence electrons. The van der Waals surface area contributed by atoms with Gasteiger partial charge in [0.25, 0.3) is 0 Å². The van der Waals surface area contributed by atoms with Gasteiger partial charge in [-0.1, -0.05) is 24.3 Å². The molecule has 0 saturated heterocycles. The second-order valence-electron chi connectivity index (χ2n) is 3.62. The fraction of sp³-hybridized carbons (Fsp3) is 0.333. The molecule has 0 bridgehead atoms. The van der Waals surface area contributed by atoms with Crippen LogP contribution in [0.15, 0.2) is 30.5 Å². The molecule has 3 nitrogen and oxygen atoms in total. The Kier molecular flexibility index (Phi) is 3.04. The first-order chi connectivity index (χ1) is 7.33. The number of nitrogens with two attached hydrogens (primary N) is 1. The summed E-state index contributed by atoms with van der Waals surface area (Å²) in [4.78, 5) is 2.09. The Morgan fingerprint density at radius 2 is 2.20 bits per heavy atom. The summed E-state index contributed by atoms with van der Waals surface area (Å²) in [5.41, 5.74) is 8.53. The molecule has 3 heteroatoms. The van der Waals surface area contributed by atoms with E-state index in [4.69, 9.17) is 10.5 Å². The van der Waals surface area contributed by atoms with Crippen LogP contribution < -0.4 is 5.73 Å². The van der Waals surface area contributed by atoms with E-state index < -0.39 is 0 Å². The minimum absolute atomic E-state index is 0.0543. The van der Waals surface area contributed by atoms with E-state index in [2.05, 4.69) is 23.1 Å². The maximum Gasteiger partial charge on any atom is 0.103 e. The highest BCUT2D eigenvalue weighted by Gasteiger charge is 2.18. The van der Waals surface area contributed by atoms with Crippen molar-refractivity contribution in [3.05, 3.63) is 41.6 Å². The number of nitrogens with zero attached hydrogens (tertiary/aromatic N) is 1. The molecule has 1 aliphatic heterocycles. The van der Waals surface area contributed by atoms with Crippen molar-refractivity contribution in [1.82, 2.24) is 4.90 Å². The van der Waals surface area contributed by atoms with Crippen LogP contribution in [0.2, 0.25) is 0 Å². The summed E-state index contributed by atoms with van der Waals surface area (Å²) in [6.07, 6.45) is 4.07. The van der Waals surface area contributed by atoms with E-state index in [9.17, 15) is 0 Å². The third-order valence-corrected chi connectivity index (χ3v) is 2.67. The SMILES string of the molecule is COCCN1C=Cc2ccccc2C1N. The number of benzene rings is 1. The van der Waals surface area contributed by atoms with Crippen molar-refractivity contribution in [2.75, 3.05) is 20.3 Å². The lowest BCUT2D eigenvalue weighted by atomic mass is 10.0. The van der Waals surface area contributed by atoms with E-state index in [0.29, 0.717) is 6.61 Å². The summed E-state index contributed by atoms with van der Waals surface area (Å²) in [6.45, 7) is 1.52. The van der Waals surface area contributed by atoms with Crippen molar-refractivity contribution in [2.24, 2.45) is 5.73 Å². The number of rotatable bonds is 3. The Hall–Kier alpha value is -1.32. The molecular weight excluding hydrogens is 188 g/mol. The lowest BCUT2D eigenvalue weighted by molar-refractivity contribution is 0.151. The van der Waals surface area contributed by atoms with Gasteiger partial charge in [0.05, 0.1) is 6.61 Å². The average Bonchev–Trinajstić information content (AvgIpc) is 2.29. The number of hydrogen-bond donors (Lipinski definition) is 1. The minimum atomic E-state index is -0.0543. The van der Waals surface area contributed by atoms with Crippen molar-refractivity contribution >= 4 is 6.08 Å². The molecule has 2 N–H and O–H groups in total. The quantitative estimate of drug-likeness (QED) is 0.812. The second-order valence-corrected chi connectivity index (χ2v) is 3.62. The van der Waals surface area contributed by atoms with E-state index in [1.807, 2.05) is 18.3 Å². The van der Waals surface area contributed by atoms with E-state index in [-0.39, 0.29) is 6.17 Å². The Morgan fingerprint density at radius 3 is 3.00 bits per heavy atom. The Labute approximate surface area is 90.1 Å². The molecule has 1 aromatic carbocycles. The normalized spacial score (nSPS) is 19.1. The molecule has 0 saturated carbocycles. The molecule has 0 aromatic heterocycles. The van der Waals surface area contributed by atoms with Gasteiger partial charge in [-0.2, -0.15) is 0 Å². The zero-order valence-electron chi connectivity index (χ0n) is 8.89. The first kappa shape index (κ1) is 10.2. The van der Waals surface area contributed by atoms with Crippen LogP contribution in [0.25, 0.3) is 6.08 Å². The second kappa shape index (κ2) is 4.47. The van der Waals surface area contributed by atoms with Gasteiger partial charge in [-0.3, -0.25) is 0 Å². The summed E-state index contributed by atoms with van der Waals surface area (Å²) in [5.74, 6) is 0. The Morgan fingerprint density at radius 1 is 1.40 bits per heavy atom. The molecule has 1 unspecified atom stereocenters. The molecule has 1 aromatic rings. The number of fused-ring (bicyclic) bond motifs is 1. The summed E-state index contributed by atoms with van der Waals surface area (Å²) in [5, 5.41) is 0. The topological polar surface area (TPSA) is 38.5 Å². The van der Waals surface area contributed by atoms with Crippen molar-refractivity contribution < 1.29 is 4.74 Å². The van der Waals surface area contributed by atoms with E-state index in [1.54, 1.807) is 7.11 Å². The third kappa shape index (κ3) is 2.03. The minimum Gasteiger partial charge on any atom is -0.383 e. The molecular formula is C12H16N2O. The zero-order chi connectivity index (χ0) is 10.7. The molecule has 1 aliphatic rings. The van der Waals surface area contributed by atoms with Crippen LogP contribution in [0, 0.1) is 0 Å². The lowest BCUT2D eigenvalue weighted by Gasteiger charge is -2.31. The Bertz CT molecular complexity index is 362. The average molecular weight is 204 g/mol. The molecule has 0 fully saturated rings. The maximum absolute atomic E-state index is 6.15. The fourth-order valence-corrected chi connectivity index (χ4v) is 1.79. The molecule has 0 amide bonds. The molecule has 1 atom stereocenters. The predicted molar refractivity (Wildman–Crippen MR) is 61.0 cm³/mol. The van der Waals surface area contributed by atoms with Gasteiger partial charge in [-0.25, -0.2) is 0 Å². The Balaban J connectivity index is 2.18. The van der Waals surface area contributed by atoms with Crippen molar-refractivity contribution in [3.8, 4) is 0 Å². The summed E-state index contributed by atoms with van der Waals surface area (Å²) >= 11 is 0. The van der Waals surface area contributed by atoms with Crippen LogP contribution in [0.4, 0.5) is 0 Å². The summed E-state index contributed by atoms with van der Waals surface area (Å²) < 4.78 is 5.05. The van der Waals surface area contributed by atoms with Gasteiger partial charge in [0.2, 0.25) is 0 Å². The first-order valence-electron chi connectivity index (χ1n) is 5.10. The highest BCUT2D eigenvalue weighted by atomic mass is 16.5. The van der Waals surface area contributed by atoms with Crippen LogP contribution in [0.5, 0.6) is 0 Å². The van der Waals surface area contributed by atoms with Gasteiger partial charge in [0.15, 0.2) is 0 Å². The van der Waals surface area contributed by atoms with Crippen LogP contribution in [-0.2, 0) is 4.74 Å². The lowest BCUT2D eigenvalue weighted by Crippen LogP contribution is -2.34. The monoisotopic (exact) mass is 204 g/mol. The van der Waals surface area contributed by atoms with Gasteiger partial charge in [0, 0.05) is 19.9 Å². The fourth-order valence-electron chi connectivity index (χ4n) is 1.79. The van der Waals surface area contributed by atoms with E-state index >= 15 is 0 Å². The van der Waals surface area contributed by atoms with E-state index in [1.165, 1.54) is 11.1 Å². The molecule has 0 radical (unpaired) electrons. The van der Waals surface area contributed by atoms with Gasteiger partial charge in [0.1, 0.15) is 6.17 Å². The maximum atomic E-state index is 6.15. The number of hydrogen-bond acceptors (Lipinski definition) is 3. The van der Waals surface area contributed by atoms with Gasteiger partial charge < -0.3 is 15.4 Å². The third-order valence-electron chi connectivity index (χ3n) is 2.67. The standard InChI is InChI=1S/C12H16N2O/c1-15-9-8-14-7-6-10-4-2-3-5-11(10)12(14)13/h2-7,12H,8-9,13H2,1H3. The predicted octanol–water partition coefficient (Wildman–Crippen LogP) is 1.58. The van der Waals surface area contributed by atoms with Crippen molar-refractivity contribution in [1.29, 1.82) is 0 Å². The molecule has 0 aliphatic carbocycles. The highest BCUT2D eigenvalue weighted by Crippen LogP contribution is 2.25.